The summed E-state index contributed by atoms with van der Waals surface area (Å²) in [7, 11) is 0. The number of nitrogens with one attached hydrogen (secondary N) is 5. The summed E-state index contributed by atoms with van der Waals surface area (Å²) in [6, 6.07) is -6.07. The average molecular weight is 856 g/mol. The fraction of sp³-hybridized carbons (Fsp3) is 0.737. The summed E-state index contributed by atoms with van der Waals surface area (Å²) >= 11 is 1.10. The maximum atomic E-state index is 14.3. The van der Waals surface area contributed by atoms with Gasteiger partial charge in [-0.25, -0.2) is 0 Å². The number of primary amides is 3. The Balaban J connectivity index is 3.43. The minimum Gasteiger partial charge on any atom is -0.370 e. The van der Waals surface area contributed by atoms with Crippen LogP contribution in [0.4, 0.5) is 0 Å². The minimum atomic E-state index is -1.65. The smallest absolute Gasteiger partial charge is 0.279 e. The topological polar surface area (TPSA) is 340 Å². The Morgan fingerprint density at radius 2 is 1.37 bits per heavy atom. The molecule has 1 fully saturated rings. The molecule has 0 saturated carbocycles. The molecular weight excluding hydrogens is 789 g/mol. The molecule has 20 nitrogen and oxygen atoms in total. The molecule has 0 spiro atoms. The van der Waals surface area contributed by atoms with Crippen molar-refractivity contribution in [2.75, 3.05) is 24.7 Å². The highest BCUT2D eigenvalue weighted by molar-refractivity contribution is 7.99. The van der Waals surface area contributed by atoms with Crippen LogP contribution in [0.5, 0.6) is 0 Å². The van der Waals surface area contributed by atoms with Gasteiger partial charge in [0.05, 0.1) is 24.9 Å². The number of hydrogen-bond acceptors (Lipinski definition) is 11. The van der Waals surface area contributed by atoms with Crippen LogP contribution in [0.15, 0.2) is 0 Å². The molecule has 9 amide bonds. The van der Waals surface area contributed by atoms with Crippen LogP contribution < -0.4 is 49.5 Å². The number of hydrogen-bond donors (Lipinski definition) is 9. The predicted molar refractivity (Wildman–Crippen MR) is 219 cm³/mol. The highest BCUT2D eigenvalue weighted by Crippen LogP contribution is 2.25. The maximum absolute atomic E-state index is 14.3. The fourth-order valence-electron chi connectivity index (χ4n) is 6.18. The lowest BCUT2D eigenvalue weighted by Gasteiger charge is -2.30. The molecule has 1 saturated heterocycles. The van der Waals surface area contributed by atoms with Crippen molar-refractivity contribution >= 4 is 70.7 Å². The van der Waals surface area contributed by atoms with Crippen molar-refractivity contribution in [1.29, 1.82) is 0 Å². The van der Waals surface area contributed by atoms with Gasteiger partial charge < -0.3 is 54.4 Å². The van der Waals surface area contributed by atoms with Crippen LogP contribution in [-0.2, 0) is 47.9 Å². The molecular formula is C38H67N10O10S+. The number of carbonyl (C=O) groups is 10. The predicted octanol–water partition coefficient (Wildman–Crippen LogP) is -2.69. The van der Waals surface area contributed by atoms with Crippen LogP contribution in [0.3, 0.4) is 0 Å². The number of quaternary nitrogens is 1. The minimum absolute atomic E-state index is 0.0118. The van der Waals surface area contributed by atoms with Gasteiger partial charge in [-0.05, 0) is 38.0 Å². The summed E-state index contributed by atoms with van der Waals surface area (Å²) in [6.45, 7) is 12.3. The van der Waals surface area contributed by atoms with Crippen LogP contribution in [0.25, 0.3) is 0 Å². The molecule has 7 atom stereocenters. The van der Waals surface area contributed by atoms with Gasteiger partial charge in [0.25, 0.3) is 5.91 Å². The van der Waals surface area contributed by atoms with Crippen LogP contribution in [0, 0.1) is 23.2 Å². The first kappa shape index (κ1) is 52.2. The van der Waals surface area contributed by atoms with Gasteiger partial charge in [0.2, 0.25) is 47.3 Å². The Hall–Kier alpha value is -4.79. The number of nitrogens with two attached hydrogens (primary N) is 3. The number of ketones is 1. The molecule has 21 heteroatoms. The summed E-state index contributed by atoms with van der Waals surface area (Å²) < 4.78 is 0. The molecule has 14 N–H and O–H groups in total. The normalized spacial score (nSPS) is 17.0. The number of nitrogens with zero attached hydrogens (tertiary/aromatic N) is 1. The lowest BCUT2D eigenvalue weighted by Crippen LogP contribution is -2.71. The first-order valence-corrected chi connectivity index (χ1v) is 21.1. The molecule has 0 aromatic carbocycles. The quantitative estimate of drug-likeness (QED) is 0.0319. The highest BCUT2D eigenvalue weighted by Gasteiger charge is 2.40. The summed E-state index contributed by atoms with van der Waals surface area (Å²) in [5.74, 6) is -7.87. The number of likely N-dealkylation sites (tertiary alicyclic amines) is 1. The summed E-state index contributed by atoms with van der Waals surface area (Å²) in [5.41, 5.74) is 19.1. The van der Waals surface area contributed by atoms with E-state index in [4.69, 9.17) is 17.2 Å². The van der Waals surface area contributed by atoms with Crippen molar-refractivity contribution < 1.29 is 53.7 Å². The Morgan fingerprint density at radius 3 is 1.92 bits per heavy atom. The van der Waals surface area contributed by atoms with Gasteiger partial charge in [0, 0.05) is 42.4 Å². The monoisotopic (exact) mass is 855 g/mol. The first-order valence-electron chi connectivity index (χ1n) is 19.9. The second kappa shape index (κ2) is 25.0. The van der Waals surface area contributed by atoms with E-state index in [-0.39, 0.29) is 61.6 Å². The summed E-state index contributed by atoms with van der Waals surface area (Å²) in [4.78, 5) is 130. The third-order valence-electron chi connectivity index (χ3n) is 9.85. The number of amides is 9. The van der Waals surface area contributed by atoms with E-state index in [0.717, 1.165) is 11.8 Å². The van der Waals surface area contributed by atoms with E-state index in [1.54, 1.807) is 27.7 Å². The van der Waals surface area contributed by atoms with E-state index in [1.165, 1.54) is 4.90 Å². The van der Waals surface area contributed by atoms with Gasteiger partial charge in [-0.2, -0.15) is 0 Å². The Bertz CT molecular complexity index is 1540. The Kier molecular flexibility index (Phi) is 22.1. The lowest BCUT2D eigenvalue weighted by atomic mass is 9.89. The third-order valence-corrected chi connectivity index (χ3v) is 10.8. The van der Waals surface area contributed by atoms with Gasteiger partial charge in [-0.1, -0.05) is 48.5 Å². The summed E-state index contributed by atoms with van der Waals surface area (Å²) in [6.07, 6.45) is 0.164. The van der Waals surface area contributed by atoms with E-state index in [9.17, 15) is 47.9 Å². The van der Waals surface area contributed by atoms with Crippen molar-refractivity contribution in [1.82, 2.24) is 31.5 Å². The van der Waals surface area contributed by atoms with Gasteiger partial charge >= 0.3 is 0 Å². The molecule has 0 aromatic rings. The molecule has 59 heavy (non-hydrogen) atoms. The largest absolute Gasteiger partial charge is 0.370 e. The number of rotatable bonds is 26. The number of thioether (sulfide) groups is 1. The molecule has 0 aromatic heterocycles. The molecule has 1 unspecified atom stereocenters. The Labute approximate surface area is 350 Å². The summed E-state index contributed by atoms with van der Waals surface area (Å²) in [5, 5.41) is 12.7. The zero-order chi connectivity index (χ0) is 45.2. The van der Waals surface area contributed by atoms with E-state index >= 15 is 0 Å². The fourth-order valence-corrected chi connectivity index (χ4v) is 6.99. The van der Waals surface area contributed by atoms with E-state index in [1.807, 2.05) is 20.8 Å². The SMILES string of the molecule is CCC(C)[C@@H]([NH3+])C(=O)N[C@H](CCC(N)=O)C(=O)N[C@H](CC(N)=O)C(=O)N[C@H](CSCNC(=O)C(C)(C)C)C(=O)N1CCC[C@H]1C(=O)C[C@H](CC(C)C)C(=O)NCC(N)=O. The molecule has 334 valence electrons. The highest BCUT2D eigenvalue weighted by atomic mass is 32.2. The van der Waals surface area contributed by atoms with Crippen molar-refractivity contribution in [3.8, 4) is 0 Å². The molecule has 1 heterocycles. The van der Waals surface area contributed by atoms with Crippen LogP contribution in [-0.4, -0.2) is 119 Å². The van der Waals surface area contributed by atoms with Crippen molar-refractivity contribution in [3.63, 3.8) is 0 Å². The number of carbonyl (C=O) groups excluding carboxylic acids is 10. The van der Waals surface area contributed by atoms with Crippen molar-refractivity contribution in [2.45, 2.75) is 130 Å². The van der Waals surface area contributed by atoms with E-state index in [2.05, 4.69) is 32.3 Å². The lowest BCUT2D eigenvalue weighted by molar-refractivity contribution is -0.415. The molecule has 1 rings (SSSR count). The molecule has 0 bridgehead atoms. The third kappa shape index (κ3) is 18.8. The van der Waals surface area contributed by atoms with Gasteiger partial charge in [-0.3, -0.25) is 47.9 Å². The van der Waals surface area contributed by atoms with Crippen LogP contribution in [0.1, 0.15) is 99.8 Å². The van der Waals surface area contributed by atoms with Gasteiger partial charge in [-0.15, -0.1) is 11.8 Å². The van der Waals surface area contributed by atoms with E-state index in [0.29, 0.717) is 19.3 Å². The first-order chi connectivity index (χ1) is 27.4. The molecule has 0 aliphatic carbocycles. The number of Topliss-reactive ketones (excluding diaryl/α,β-unsaturated/α-hetero) is 1. The standard InChI is InChI=1S/C38H66N10O10S/c1-8-21(4)31(42)35(56)45-23(11-12-28(39)50)33(54)46-24(16-29(40)51)34(55)47-25(18-59-19-44-37(58)38(5,6)7)36(57)48-13-9-10-26(48)27(49)15-22(14-20(2)3)32(53)43-17-30(41)52/h20-26,31H,8-19,42H2,1-7H3,(H2,39,50)(H2,40,51)(H2,41,52)(H,43,53)(H,44,58)(H,45,56)(H,46,54)(H,47,55)/p+1/t21?,22-,23+,24+,25+,26-,31+/m0/s1. The van der Waals surface area contributed by atoms with E-state index < -0.39 is 108 Å². The van der Waals surface area contributed by atoms with Crippen molar-refractivity contribution in [3.05, 3.63) is 0 Å². The maximum Gasteiger partial charge on any atom is 0.279 e. The average Bonchev–Trinajstić information content (AvgIpc) is 3.64. The zero-order valence-corrected chi connectivity index (χ0v) is 36.3. The second-order valence-electron chi connectivity index (χ2n) is 16.5. The molecule has 1 aliphatic rings. The van der Waals surface area contributed by atoms with Gasteiger partial charge in [0.15, 0.2) is 11.8 Å². The van der Waals surface area contributed by atoms with Crippen LogP contribution >= 0.6 is 11.8 Å². The molecule has 1 aliphatic heterocycles. The van der Waals surface area contributed by atoms with Crippen molar-refractivity contribution in [2.24, 2.45) is 40.4 Å². The second-order valence-corrected chi connectivity index (χ2v) is 17.5. The van der Waals surface area contributed by atoms with Gasteiger partial charge in [0.1, 0.15) is 18.1 Å². The molecule has 0 radical (unpaired) electrons. The zero-order valence-electron chi connectivity index (χ0n) is 35.5. The van der Waals surface area contributed by atoms with Crippen LogP contribution in [0.2, 0.25) is 0 Å². The Morgan fingerprint density at radius 1 is 0.780 bits per heavy atom.